The third-order valence-corrected chi connectivity index (χ3v) is 4.33. The van der Waals surface area contributed by atoms with Crippen LogP contribution in [0.2, 0.25) is 0 Å². The highest BCUT2D eigenvalue weighted by molar-refractivity contribution is 9.10. The molecule has 0 aliphatic heterocycles. The molecule has 1 heterocycles. The first kappa shape index (κ1) is 13.2. The van der Waals surface area contributed by atoms with Crippen molar-refractivity contribution in [1.82, 2.24) is 4.98 Å². The number of aryl methyl sites for hydroxylation is 1. The zero-order valence-corrected chi connectivity index (χ0v) is 12.1. The molecule has 1 aromatic carbocycles. The van der Waals surface area contributed by atoms with Crippen LogP contribution in [0.25, 0.3) is 0 Å². The van der Waals surface area contributed by atoms with Crippen LogP contribution in [0.1, 0.15) is 35.6 Å². The molecule has 0 radical (unpaired) electrons. The van der Waals surface area contributed by atoms with Gasteiger partial charge in [0.2, 0.25) is 0 Å². The molecule has 0 saturated heterocycles. The Morgan fingerprint density at radius 2 is 1.83 bits per heavy atom. The van der Waals surface area contributed by atoms with E-state index in [1.807, 2.05) is 44.2 Å². The van der Waals surface area contributed by atoms with Crippen molar-refractivity contribution in [2.75, 3.05) is 0 Å². The van der Waals surface area contributed by atoms with Crippen LogP contribution in [-0.2, 0) is 0 Å². The molecule has 0 aliphatic rings. The maximum absolute atomic E-state index is 10.5. The first-order valence-corrected chi connectivity index (χ1v) is 6.73. The number of aliphatic hydroxyl groups is 1. The first-order chi connectivity index (χ1) is 8.61. The molecule has 0 fully saturated rings. The van der Waals surface area contributed by atoms with Gasteiger partial charge in [-0.15, -0.1) is 0 Å². The molecule has 0 spiro atoms. The lowest BCUT2D eigenvalue weighted by molar-refractivity contribution is 0.151. The highest BCUT2D eigenvalue weighted by Crippen LogP contribution is 2.35. The van der Waals surface area contributed by atoms with Gasteiger partial charge in [0.1, 0.15) is 0 Å². The Morgan fingerprint density at radius 1 is 1.17 bits per heavy atom. The number of rotatable bonds is 3. The SMILES string of the molecule is Cc1cccc(C(O)C(C)c2ccncc2)c1Br. The zero-order chi connectivity index (χ0) is 13.1. The normalized spacial score (nSPS) is 14.2. The quantitative estimate of drug-likeness (QED) is 0.930. The maximum Gasteiger partial charge on any atom is 0.0866 e. The van der Waals surface area contributed by atoms with E-state index in [2.05, 4.69) is 20.9 Å². The standard InChI is InChI=1S/C15H16BrNO/c1-10-4-3-5-13(14(10)16)15(18)11(2)12-6-8-17-9-7-12/h3-9,11,15,18H,1-2H3. The molecule has 2 aromatic rings. The fourth-order valence-electron chi connectivity index (χ4n) is 2.02. The predicted molar refractivity (Wildman–Crippen MR) is 76.5 cm³/mol. The van der Waals surface area contributed by atoms with Gasteiger partial charge in [-0.3, -0.25) is 4.98 Å². The minimum Gasteiger partial charge on any atom is -0.388 e. The summed E-state index contributed by atoms with van der Waals surface area (Å²) in [4.78, 5) is 4.00. The van der Waals surface area contributed by atoms with E-state index in [9.17, 15) is 5.11 Å². The summed E-state index contributed by atoms with van der Waals surface area (Å²) in [5.74, 6) is 0.0334. The van der Waals surface area contributed by atoms with Gasteiger partial charge >= 0.3 is 0 Å². The van der Waals surface area contributed by atoms with Crippen LogP contribution in [0, 0.1) is 6.92 Å². The number of pyridine rings is 1. The molecule has 1 N–H and O–H groups in total. The fraction of sp³-hybridized carbons (Fsp3) is 0.267. The van der Waals surface area contributed by atoms with E-state index in [0.29, 0.717) is 0 Å². The Kier molecular flexibility index (Phi) is 4.15. The van der Waals surface area contributed by atoms with Crippen molar-refractivity contribution >= 4 is 15.9 Å². The average molecular weight is 306 g/mol. The monoisotopic (exact) mass is 305 g/mol. The summed E-state index contributed by atoms with van der Waals surface area (Å²) in [7, 11) is 0. The van der Waals surface area contributed by atoms with E-state index >= 15 is 0 Å². The molecule has 94 valence electrons. The van der Waals surface area contributed by atoms with Crippen LogP contribution in [-0.4, -0.2) is 10.1 Å². The number of halogens is 1. The van der Waals surface area contributed by atoms with Crippen LogP contribution in [0.15, 0.2) is 47.2 Å². The molecule has 2 unspecified atom stereocenters. The lowest BCUT2D eigenvalue weighted by Gasteiger charge is -2.21. The molecule has 2 rings (SSSR count). The van der Waals surface area contributed by atoms with Gasteiger partial charge in [-0.2, -0.15) is 0 Å². The number of aliphatic hydroxyl groups excluding tert-OH is 1. The average Bonchev–Trinajstić information content (AvgIpc) is 2.41. The van der Waals surface area contributed by atoms with Crippen LogP contribution < -0.4 is 0 Å². The summed E-state index contributed by atoms with van der Waals surface area (Å²) < 4.78 is 0.985. The van der Waals surface area contributed by atoms with E-state index < -0.39 is 6.10 Å². The van der Waals surface area contributed by atoms with Gasteiger partial charge < -0.3 is 5.11 Å². The summed E-state index contributed by atoms with van der Waals surface area (Å²) in [6.07, 6.45) is 2.98. The smallest absolute Gasteiger partial charge is 0.0866 e. The van der Waals surface area contributed by atoms with Crippen LogP contribution >= 0.6 is 15.9 Å². The molecule has 18 heavy (non-hydrogen) atoms. The van der Waals surface area contributed by atoms with Crippen LogP contribution in [0.3, 0.4) is 0 Å². The van der Waals surface area contributed by atoms with Gasteiger partial charge in [0.25, 0.3) is 0 Å². The highest BCUT2D eigenvalue weighted by atomic mass is 79.9. The Balaban J connectivity index is 2.31. The third-order valence-electron chi connectivity index (χ3n) is 3.25. The summed E-state index contributed by atoms with van der Waals surface area (Å²) in [6, 6.07) is 9.84. The lowest BCUT2D eigenvalue weighted by Crippen LogP contribution is -2.08. The Labute approximate surface area is 116 Å². The molecule has 0 bridgehead atoms. The van der Waals surface area contributed by atoms with E-state index in [4.69, 9.17) is 0 Å². The zero-order valence-electron chi connectivity index (χ0n) is 10.5. The second-order valence-corrected chi connectivity index (χ2v) is 5.29. The van der Waals surface area contributed by atoms with E-state index in [1.54, 1.807) is 12.4 Å². The summed E-state index contributed by atoms with van der Waals surface area (Å²) >= 11 is 3.55. The molecule has 0 amide bonds. The lowest BCUT2D eigenvalue weighted by atomic mass is 9.91. The molecule has 0 aliphatic carbocycles. The predicted octanol–water partition coefficient (Wildman–Crippen LogP) is 3.99. The first-order valence-electron chi connectivity index (χ1n) is 5.94. The number of benzene rings is 1. The van der Waals surface area contributed by atoms with Crippen LogP contribution in [0.5, 0.6) is 0 Å². The minimum atomic E-state index is -0.526. The molecule has 2 nitrogen and oxygen atoms in total. The number of aromatic nitrogens is 1. The van der Waals surface area contributed by atoms with Gasteiger partial charge in [-0.25, -0.2) is 0 Å². The number of hydrogen-bond donors (Lipinski definition) is 1. The maximum atomic E-state index is 10.5. The Bertz CT molecular complexity index is 527. The molecular formula is C15H16BrNO. The van der Waals surface area contributed by atoms with E-state index in [1.165, 1.54) is 0 Å². The molecule has 0 saturated carbocycles. The van der Waals surface area contributed by atoms with Gasteiger partial charge in [0.05, 0.1) is 6.10 Å². The van der Waals surface area contributed by atoms with E-state index in [-0.39, 0.29) is 5.92 Å². The van der Waals surface area contributed by atoms with Gasteiger partial charge in [-0.1, -0.05) is 41.1 Å². The number of nitrogens with zero attached hydrogens (tertiary/aromatic N) is 1. The van der Waals surface area contributed by atoms with Crippen LogP contribution in [0.4, 0.5) is 0 Å². The Hall–Kier alpha value is -1.19. The van der Waals surface area contributed by atoms with Crippen molar-refractivity contribution in [2.45, 2.75) is 25.9 Å². The summed E-state index contributed by atoms with van der Waals surface area (Å²) in [6.45, 7) is 4.05. The third kappa shape index (κ3) is 2.62. The minimum absolute atomic E-state index is 0.0334. The summed E-state index contributed by atoms with van der Waals surface area (Å²) in [5.41, 5.74) is 3.15. The van der Waals surface area contributed by atoms with Crippen molar-refractivity contribution in [1.29, 1.82) is 0 Å². The molecular weight excluding hydrogens is 290 g/mol. The second kappa shape index (κ2) is 5.63. The van der Waals surface area contributed by atoms with E-state index in [0.717, 1.165) is 21.2 Å². The van der Waals surface area contributed by atoms with Crippen molar-refractivity contribution < 1.29 is 5.11 Å². The molecule has 2 atom stereocenters. The largest absolute Gasteiger partial charge is 0.388 e. The van der Waals surface area contributed by atoms with Crippen molar-refractivity contribution in [3.05, 3.63) is 63.9 Å². The van der Waals surface area contributed by atoms with Crippen molar-refractivity contribution in [3.63, 3.8) is 0 Å². The summed E-state index contributed by atoms with van der Waals surface area (Å²) in [5, 5.41) is 10.5. The molecule has 3 heteroatoms. The second-order valence-electron chi connectivity index (χ2n) is 4.49. The van der Waals surface area contributed by atoms with Crippen molar-refractivity contribution in [2.24, 2.45) is 0 Å². The van der Waals surface area contributed by atoms with Gasteiger partial charge in [0.15, 0.2) is 0 Å². The highest BCUT2D eigenvalue weighted by Gasteiger charge is 2.20. The number of hydrogen-bond acceptors (Lipinski definition) is 2. The van der Waals surface area contributed by atoms with Gasteiger partial charge in [0, 0.05) is 22.8 Å². The molecule has 1 aromatic heterocycles. The van der Waals surface area contributed by atoms with Crippen molar-refractivity contribution in [3.8, 4) is 0 Å². The van der Waals surface area contributed by atoms with Gasteiger partial charge in [-0.05, 0) is 35.7 Å². The Morgan fingerprint density at radius 3 is 2.50 bits per heavy atom. The topological polar surface area (TPSA) is 33.1 Å². The fourth-order valence-corrected chi connectivity index (χ4v) is 2.52.